The van der Waals surface area contributed by atoms with Crippen molar-refractivity contribution in [1.29, 1.82) is 5.41 Å². The molecular weight excluding hydrogens is 236 g/mol. The predicted molar refractivity (Wildman–Crippen MR) is 79.4 cm³/mol. The fourth-order valence-corrected chi connectivity index (χ4v) is 2.69. The van der Waals surface area contributed by atoms with E-state index in [-0.39, 0.29) is 5.84 Å². The number of hydrogen-bond acceptors (Lipinski definition) is 3. The summed E-state index contributed by atoms with van der Waals surface area (Å²) in [5, 5.41) is 7.50. The minimum absolute atomic E-state index is 0.145. The molecule has 4 heteroatoms. The van der Waals surface area contributed by atoms with Crippen LogP contribution in [0.4, 0.5) is 0 Å². The Morgan fingerprint density at radius 2 is 2.26 bits per heavy atom. The number of likely N-dealkylation sites (tertiary alicyclic amines) is 1. The van der Waals surface area contributed by atoms with Gasteiger partial charge in [0.2, 0.25) is 0 Å². The Kier molecular flexibility index (Phi) is 4.56. The maximum absolute atomic E-state index is 7.50. The third-order valence-electron chi connectivity index (χ3n) is 3.86. The first-order chi connectivity index (χ1) is 9.06. The maximum Gasteiger partial charge on any atom is 0.122 e. The second-order valence-electron chi connectivity index (χ2n) is 5.61. The van der Waals surface area contributed by atoms with E-state index in [0.717, 1.165) is 25.2 Å². The van der Waals surface area contributed by atoms with Crippen molar-refractivity contribution in [3.05, 3.63) is 35.4 Å². The molecule has 1 atom stereocenters. The molecule has 104 valence electrons. The fourth-order valence-electron chi connectivity index (χ4n) is 2.69. The SMILES string of the molecule is CN(C)C1CCCN(Cc2cccc(C(=N)N)c2)C1. The van der Waals surface area contributed by atoms with Crippen LogP contribution in [0.5, 0.6) is 0 Å². The van der Waals surface area contributed by atoms with Crippen molar-refractivity contribution in [2.45, 2.75) is 25.4 Å². The van der Waals surface area contributed by atoms with Gasteiger partial charge in [-0.2, -0.15) is 0 Å². The summed E-state index contributed by atoms with van der Waals surface area (Å²) in [6.07, 6.45) is 2.55. The molecule has 1 aliphatic heterocycles. The highest BCUT2D eigenvalue weighted by molar-refractivity contribution is 5.95. The van der Waals surface area contributed by atoms with Crippen LogP contribution < -0.4 is 5.73 Å². The lowest BCUT2D eigenvalue weighted by molar-refractivity contribution is 0.128. The molecule has 2 rings (SSSR count). The van der Waals surface area contributed by atoms with E-state index in [0.29, 0.717) is 6.04 Å². The predicted octanol–water partition coefficient (Wildman–Crippen LogP) is 1.50. The van der Waals surface area contributed by atoms with Gasteiger partial charge in [-0.3, -0.25) is 10.3 Å². The molecule has 0 radical (unpaired) electrons. The minimum Gasteiger partial charge on any atom is -0.384 e. The van der Waals surface area contributed by atoms with E-state index >= 15 is 0 Å². The number of nitrogen functional groups attached to an aromatic ring is 1. The molecular formula is C15H24N4. The fraction of sp³-hybridized carbons (Fsp3) is 0.533. The van der Waals surface area contributed by atoms with Gasteiger partial charge in [-0.1, -0.05) is 18.2 Å². The van der Waals surface area contributed by atoms with Crippen LogP contribution in [0.1, 0.15) is 24.0 Å². The molecule has 1 fully saturated rings. The first-order valence-corrected chi connectivity index (χ1v) is 6.88. The van der Waals surface area contributed by atoms with E-state index in [1.807, 2.05) is 18.2 Å². The smallest absolute Gasteiger partial charge is 0.122 e. The molecule has 1 aliphatic rings. The molecule has 0 spiro atoms. The van der Waals surface area contributed by atoms with E-state index in [1.165, 1.54) is 18.4 Å². The molecule has 1 saturated heterocycles. The summed E-state index contributed by atoms with van der Waals surface area (Å²) in [4.78, 5) is 4.81. The van der Waals surface area contributed by atoms with Crippen LogP contribution in [-0.4, -0.2) is 48.9 Å². The standard InChI is InChI=1S/C15H24N4/c1-18(2)14-7-4-8-19(11-14)10-12-5-3-6-13(9-12)15(16)17/h3,5-6,9,14H,4,7-8,10-11H2,1-2H3,(H3,16,17). The lowest BCUT2D eigenvalue weighted by Gasteiger charge is -2.36. The zero-order valence-corrected chi connectivity index (χ0v) is 11.9. The summed E-state index contributed by atoms with van der Waals surface area (Å²) in [6, 6.07) is 8.68. The average molecular weight is 260 g/mol. The van der Waals surface area contributed by atoms with Crippen molar-refractivity contribution in [2.75, 3.05) is 27.2 Å². The van der Waals surface area contributed by atoms with E-state index in [1.54, 1.807) is 0 Å². The van der Waals surface area contributed by atoms with Gasteiger partial charge in [-0.05, 0) is 45.1 Å². The number of amidine groups is 1. The van der Waals surface area contributed by atoms with Crippen LogP contribution in [0, 0.1) is 5.41 Å². The van der Waals surface area contributed by atoms with Gasteiger partial charge < -0.3 is 10.6 Å². The van der Waals surface area contributed by atoms with Crippen molar-refractivity contribution in [3.8, 4) is 0 Å². The number of nitrogens with two attached hydrogens (primary N) is 1. The molecule has 0 aromatic heterocycles. The molecule has 1 unspecified atom stereocenters. The van der Waals surface area contributed by atoms with Gasteiger partial charge in [0.1, 0.15) is 5.84 Å². The number of likely N-dealkylation sites (N-methyl/N-ethyl adjacent to an activating group) is 1. The number of piperidine rings is 1. The molecule has 0 amide bonds. The zero-order chi connectivity index (χ0) is 13.8. The summed E-state index contributed by atoms with van der Waals surface area (Å²) in [5.74, 6) is 0.145. The second kappa shape index (κ2) is 6.17. The Morgan fingerprint density at radius 3 is 2.95 bits per heavy atom. The number of hydrogen-bond donors (Lipinski definition) is 2. The maximum atomic E-state index is 7.50. The first-order valence-electron chi connectivity index (χ1n) is 6.88. The quantitative estimate of drug-likeness (QED) is 0.637. The van der Waals surface area contributed by atoms with Gasteiger partial charge in [-0.25, -0.2) is 0 Å². The summed E-state index contributed by atoms with van der Waals surface area (Å²) in [7, 11) is 4.31. The lowest BCUT2D eigenvalue weighted by atomic mass is 10.0. The minimum atomic E-state index is 0.145. The van der Waals surface area contributed by atoms with Crippen molar-refractivity contribution >= 4 is 5.84 Å². The van der Waals surface area contributed by atoms with Crippen molar-refractivity contribution in [2.24, 2.45) is 5.73 Å². The van der Waals surface area contributed by atoms with Crippen LogP contribution in [0.15, 0.2) is 24.3 Å². The zero-order valence-electron chi connectivity index (χ0n) is 11.9. The first kappa shape index (κ1) is 14.0. The number of nitrogens with one attached hydrogen (secondary N) is 1. The highest BCUT2D eigenvalue weighted by Crippen LogP contribution is 2.16. The molecule has 0 bridgehead atoms. The summed E-state index contributed by atoms with van der Waals surface area (Å²) in [5.41, 5.74) is 7.60. The molecule has 0 aliphatic carbocycles. The Balaban J connectivity index is 2.00. The lowest BCUT2D eigenvalue weighted by Crippen LogP contribution is -2.44. The summed E-state index contributed by atoms with van der Waals surface area (Å²) >= 11 is 0. The number of benzene rings is 1. The third kappa shape index (κ3) is 3.78. The van der Waals surface area contributed by atoms with Crippen molar-refractivity contribution < 1.29 is 0 Å². The average Bonchev–Trinajstić information content (AvgIpc) is 2.39. The van der Waals surface area contributed by atoms with Crippen molar-refractivity contribution in [3.63, 3.8) is 0 Å². The highest BCUT2D eigenvalue weighted by atomic mass is 15.2. The van der Waals surface area contributed by atoms with Gasteiger partial charge >= 0.3 is 0 Å². The Labute approximate surface area is 115 Å². The topological polar surface area (TPSA) is 56.4 Å². The molecule has 1 aromatic rings. The molecule has 0 saturated carbocycles. The highest BCUT2D eigenvalue weighted by Gasteiger charge is 2.21. The number of nitrogens with zero attached hydrogens (tertiary/aromatic N) is 2. The largest absolute Gasteiger partial charge is 0.384 e. The van der Waals surface area contributed by atoms with Crippen molar-refractivity contribution in [1.82, 2.24) is 9.80 Å². The Hall–Kier alpha value is -1.39. The number of rotatable bonds is 4. The van der Waals surface area contributed by atoms with E-state index in [2.05, 4.69) is 30.0 Å². The van der Waals surface area contributed by atoms with Crippen LogP contribution in [0.2, 0.25) is 0 Å². The molecule has 3 N–H and O–H groups in total. The second-order valence-corrected chi connectivity index (χ2v) is 5.61. The summed E-state index contributed by atoms with van der Waals surface area (Å²) < 4.78 is 0. The van der Waals surface area contributed by atoms with Gasteiger partial charge in [-0.15, -0.1) is 0 Å². The van der Waals surface area contributed by atoms with Crippen LogP contribution in [0.25, 0.3) is 0 Å². The van der Waals surface area contributed by atoms with Gasteiger partial charge in [0.15, 0.2) is 0 Å². The van der Waals surface area contributed by atoms with E-state index in [9.17, 15) is 0 Å². The van der Waals surface area contributed by atoms with Gasteiger partial charge in [0.25, 0.3) is 0 Å². The molecule has 19 heavy (non-hydrogen) atoms. The normalized spacial score (nSPS) is 20.7. The molecule has 4 nitrogen and oxygen atoms in total. The van der Waals surface area contributed by atoms with Gasteiger partial charge in [0, 0.05) is 24.7 Å². The van der Waals surface area contributed by atoms with Gasteiger partial charge in [0.05, 0.1) is 0 Å². The monoisotopic (exact) mass is 260 g/mol. The van der Waals surface area contributed by atoms with Crippen LogP contribution in [-0.2, 0) is 6.54 Å². The van der Waals surface area contributed by atoms with E-state index < -0.39 is 0 Å². The van der Waals surface area contributed by atoms with Crippen LogP contribution in [0.3, 0.4) is 0 Å². The Morgan fingerprint density at radius 1 is 1.47 bits per heavy atom. The summed E-state index contributed by atoms with van der Waals surface area (Å²) in [6.45, 7) is 3.23. The molecule has 1 aromatic carbocycles. The van der Waals surface area contributed by atoms with Crippen LogP contribution >= 0.6 is 0 Å². The molecule has 1 heterocycles. The Bertz CT molecular complexity index is 442. The third-order valence-corrected chi connectivity index (χ3v) is 3.86. The van der Waals surface area contributed by atoms with E-state index in [4.69, 9.17) is 11.1 Å².